The minimum Gasteiger partial charge on any atom is -0.453 e. The first kappa shape index (κ1) is 34.5. The van der Waals surface area contributed by atoms with Gasteiger partial charge in [-0.3, -0.25) is 4.79 Å². The van der Waals surface area contributed by atoms with Gasteiger partial charge in [0.1, 0.15) is 17.7 Å². The Balaban J connectivity index is 1.55. The van der Waals surface area contributed by atoms with Gasteiger partial charge in [0.2, 0.25) is 5.91 Å². The normalized spacial score (nSPS) is 18.8. The van der Waals surface area contributed by atoms with E-state index in [2.05, 4.69) is 10.6 Å². The minimum atomic E-state index is -0.999. The van der Waals surface area contributed by atoms with Crippen molar-refractivity contribution in [2.45, 2.75) is 76.3 Å². The van der Waals surface area contributed by atoms with E-state index in [1.807, 2.05) is 113 Å². The summed E-state index contributed by atoms with van der Waals surface area (Å²) in [6.07, 6.45) is -1.04. The van der Waals surface area contributed by atoms with Crippen molar-refractivity contribution in [3.05, 3.63) is 102 Å². The Kier molecular flexibility index (Phi) is 11.8. The smallest absolute Gasteiger partial charge is 0.410 e. The molecule has 246 valence electrons. The van der Waals surface area contributed by atoms with Crippen LogP contribution in [0.5, 0.6) is 0 Å². The maximum absolute atomic E-state index is 14.1. The number of carbonyl (C=O) groups is 3. The van der Waals surface area contributed by atoms with Gasteiger partial charge in [-0.15, -0.1) is 0 Å². The van der Waals surface area contributed by atoms with Crippen molar-refractivity contribution in [2.24, 2.45) is 0 Å². The summed E-state index contributed by atoms with van der Waals surface area (Å²) in [6, 6.07) is 25.2. The number of ether oxygens (including phenoxy) is 3. The highest BCUT2D eigenvalue weighted by Gasteiger charge is 2.38. The summed E-state index contributed by atoms with van der Waals surface area (Å²) < 4.78 is 16.7. The molecule has 0 unspecified atom stereocenters. The molecule has 1 fully saturated rings. The zero-order valence-electron chi connectivity index (χ0n) is 27.1. The standard InChI is InChI=1S/C36H45N3O7/c1-24-30(23-40)45-28(22-39(24)35(43)46-36(2,3)4)21-20-25-14-12-13-19-29(25)37-33(41)32(38-34(42)44-5)31(26-15-8-6-9-16-26)27-17-10-7-11-18-27/h6-19,24,28,30-32,40H,20-23H2,1-5H3,(H,37,41)(H,38,42)/t24-,28-,30-,32+/m1/s1. The molecule has 10 nitrogen and oxygen atoms in total. The first-order valence-corrected chi connectivity index (χ1v) is 15.6. The number of aliphatic hydroxyl groups is 1. The summed E-state index contributed by atoms with van der Waals surface area (Å²) >= 11 is 0. The fourth-order valence-electron chi connectivity index (χ4n) is 5.68. The van der Waals surface area contributed by atoms with Gasteiger partial charge < -0.3 is 34.9 Å². The van der Waals surface area contributed by atoms with Crippen molar-refractivity contribution in [2.75, 3.05) is 25.6 Å². The number of methoxy groups -OCH3 is 1. The number of alkyl carbamates (subject to hydrolysis) is 1. The highest BCUT2D eigenvalue weighted by molar-refractivity contribution is 5.98. The Labute approximate surface area is 271 Å². The third-order valence-electron chi connectivity index (χ3n) is 8.01. The van der Waals surface area contributed by atoms with Crippen LogP contribution < -0.4 is 10.6 Å². The van der Waals surface area contributed by atoms with Crippen LogP contribution in [0.15, 0.2) is 84.9 Å². The zero-order valence-corrected chi connectivity index (χ0v) is 27.1. The minimum absolute atomic E-state index is 0.234. The van der Waals surface area contributed by atoms with Crippen molar-refractivity contribution in [1.29, 1.82) is 0 Å². The third kappa shape index (κ3) is 9.08. The summed E-state index contributed by atoms with van der Waals surface area (Å²) in [5, 5.41) is 15.8. The van der Waals surface area contributed by atoms with Gasteiger partial charge in [0.25, 0.3) is 0 Å². The van der Waals surface area contributed by atoms with Crippen LogP contribution in [0.3, 0.4) is 0 Å². The van der Waals surface area contributed by atoms with Crippen LogP contribution >= 0.6 is 0 Å². The molecule has 1 heterocycles. The molecule has 3 N–H and O–H groups in total. The van der Waals surface area contributed by atoms with Crippen LogP contribution in [-0.4, -0.2) is 78.3 Å². The molecule has 1 aliphatic rings. The number of hydrogen-bond acceptors (Lipinski definition) is 7. The largest absolute Gasteiger partial charge is 0.453 e. The number of aryl methyl sites for hydroxylation is 1. The Morgan fingerprint density at radius 3 is 2.11 bits per heavy atom. The van der Waals surface area contributed by atoms with E-state index in [0.29, 0.717) is 25.1 Å². The predicted octanol–water partition coefficient (Wildman–Crippen LogP) is 5.50. The lowest BCUT2D eigenvalue weighted by Crippen LogP contribution is -2.57. The van der Waals surface area contributed by atoms with Crippen LogP contribution in [0.2, 0.25) is 0 Å². The molecule has 0 radical (unpaired) electrons. The molecule has 3 aromatic rings. The number of nitrogens with one attached hydrogen (secondary N) is 2. The quantitative estimate of drug-likeness (QED) is 0.270. The van der Waals surface area contributed by atoms with E-state index in [0.717, 1.165) is 16.7 Å². The van der Waals surface area contributed by atoms with Gasteiger partial charge >= 0.3 is 12.2 Å². The molecule has 10 heteroatoms. The lowest BCUT2D eigenvalue weighted by Gasteiger charge is -2.43. The van der Waals surface area contributed by atoms with Gasteiger partial charge in [0, 0.05) is 11.6 Å². The molecule has 4 rings (SSSR count). The summed E-state index contributed by atoms with van der Waals surface area (Å²) in [5.41, 5.74) is 2.51. The molecule has 1 aliphatic heterocycles. The SMILES string of the molecule is COC(=O)N[C@H](C(=O)Nc1ccccc1CC[C@@H]1CN(C(=O)OC(C)(C)C)[C@H](C)[C@@H](CO)O1)C(c1ccccc1)c1ccccc1. The van der Waals surface area contributed by atoms with E-state index in [4.69, 9.17) is 14.2 Å². The second-order valence-electron chi connectivity index (χ2n) is 12.5. The number of rotatable bonds is 10. The summed E-state index contributed by atoms with van der Waals surface area (Å²) in [6.45, 7) is 7.35. The van der Waals surface area contributed by atoms with Gasteiger partial charge in [-0.25, -0.2) is 9.59 Å². The molecule has 0 aromatic heterocycles. The van der Waals surface area contributed by atoms with Crippen LogP contribution in [-0.2, 0) is 25.4 Å². The zero-order chi connectivity index (χ0) is 33.3. The fraction of sp³-hybridized carbons (Fsp3) is 0.417. The molecule has 46 heavy (non-hydrogen) atoms. The fourth-order valence-corrected chi connectivity index (χ4v) is 5.68. The van der Waals surface area contributed by atoms with Gasteiger partial charge in [-0.05, 0) is 63.3 Å². The molecule has 0 aliphatic carbocycles. The lowest BCUT2D eigenvalue weighted by atomic mass is 9.84. The van der Waals surface area contributed by atoms with Crippen LogP contribution in [0.4, 0.5) is 15.3 Å². The van der Waals surface area contributed by atoms with E-state index >= 15 is 0 Å². The molecular weight excluding hydrogens is 586 g/mol. The van der Waals surface area contributed by atoms with E-state index < -0.39 is 41.8 Å². The molecule has 1 saturated heterocycles. The number of nitrogens with zero attached hydrogens (tertiary/aromatic N) is 1. The van der Waals surface area contributed by atoms with E-state index in [1.165, 1.54) is 7.11 Å². The van der Waals surface area contributed by atoms with Crippen molar-refractivity contribution >= 4 is 23.8 Å². The average molecular weight is 632 g/mol. The van der Waals surface area contributed by atoms with Gasteiger partial charge in [-0.2, -0.15) is 0 Å². The van der Waals surface area contributed by atoms with Gasteiger partial charge in [-0.1, -0.05) is 78.9 Å². The topological polar surface area (TPSA) is 126 Å². The maximum atomic E-state index is 14.1. The van der Waals surface area contributed by atoms with Crippen molar-refractivity contribution in [1.82, 2.24) is 10.2 Å². The van der Waals surface area contributed by atoms with Crippen LogP contribution in [0.1, 0.15) is 56.7 Å². The molecule has 0 saturated carbocycles. The monoisotopic (exact) mass is 631 g/mol. The predicted molar refractivity (Wildman–Crippen MR) is 176 cm³/mol. The van der Waals surface area contributed by atoms with Crippen LogP contribution in [0, 0.1) is 0 Å². The number of hydrogen-bond donors (Lipinski definition) is 3. The summed E-state index contributed by atoms with van der Waals surface area (Å²) in [4.78, 5) is 41.2. The number of amides is 3. The molecule has 3 aromatic carbocycles. The van der Waals surface area contributed by atoms with Gasteiger partial charge in [0.05, 0.1) is 32.4 Å². The molecule has 0 bridgehead atoms. The second-order valence-corrected chi connectivity index (χ2v) is 12.5. The highest BCUT2D eigenvalue weighted by atomic mass is 16.6. The summed E-state index contributed by atoms with van der Waals surface area (Å²) in [5.74, 6) is -0.907. The van der Waals surface area contributed by atoms with E-state index in [1.54, 1.807) is 4.90 Å². The molecule has 0 spiro atoms. The Morgan fingerprint density at radius 2 is 1.54 bits per heavy atom. The second kappa shape index (κ2) is 15.7. The molecule has 3 amide bonds. The Bertz CT molecular complexity index is 1410. The van der Waals surface area contributed by atoms with Crippen molar-refractivity contribution in [3.8, 4) is 0 Å². The van der Waals surface area contributed by atoms with E-state index in [-0.39, 0.29) is 18.8 Å². The van der Waals surface area contributed by atoms with Crippen molar-refractivity contribution < 1.29 is 33.7 Å². The third-order valence-corrected chi connectivity index (χ3v) is 8.01. The number of morpholine rings is 1. The molecule has 4 atom stereocenters. The number of para-hydroxylation sites is 1. The number of benzene rings is 3. The maximum Gasteiger partial charge on any atom is 0.410 e. The average Bonchev–Trinajstić information content (AvgIpc) is 3.04. The van der Waals surface area contributed by atoms with Crippen molar-refractivity contribution in [3.63, 3.8) is 0 Å². The molecular formula is C36H45N3O7. The first-order chi connectivity index (χ1) is 22.0. The van der Waals surface area contributed by atoms with E-state index in [9.17, 15) is 19.5 Å². The van der Waals surface area contributed by atoms with Crippen LogP contribution in [0.25, 0.3) is 0 Å². The number of aliphatic hydroxyl groups excluding tert-OH is 1. The first-order valence-electron chi connectivity index (χ1n) is 15.6. The number of anilines is 1. The summed E-state index contributed by atoms with van der Waals surface area (Å²) in [7, 11) is 1.26. The lowest BCUT2D eigenvalue weighted by molar-refractivity contribution is -0.129. The van der Waals surface area contributed by atoms with Gasteiger partial charge in [0.15, 0.2) is 0 Å². The highest BCUT2D eigenvalue weighted by Crippen LogP contribution is 2.30. The Hall–Kier alpha value is -4.41. The Morgan fingerprint density at radius 1 is 0.957 bits per heavy atom. The number of carbonyl (C=O) groups excluding carboxylic acids is 3.